The van der Waals surface area contributed by atoms with Gasteiger partial charge in [-0.25, -0.2) is 4.79 Å². The van der Waals surface area contributed by atoms with Crippen LogP contribution in [0.4, 0.5) is 10.5 Å². The molecule has 3 rings (SSSR count). The Bertz CT molecular complexity index is 790. The largest absolute Gasteiger partial charge is 0.493 e. The molecule has 1 saturated heterocycles. The summed E-state index contributed by atoms with van der Waals surface area (Å²) in [7, 11) is 3.13. The normalized spacial score (nSPS) is 15.2. The van der Waals surface area contributed by atoms with Crippen molar-refractivity contribution in [3.05, 3.63) is 54.1 Å². The first-order valence-electron chi connectivity index (χ1n) is 8.59. The fourth-order valence-electron chi connectivity index (χ4n) is 3.00. The molecule has 0 saturated carbocycles. The third-order valence-electron chi connectivity index (χ3n) is 4.28. The Hall–Kier alpha value is -3.02. The van der Waals surface area contributed by atoms with Gasteiger partial charge in [-0.3, -0.25) is 0 Å². The van der Waals surface area contributed by atoms with Crippen molar-refractivity contribution in [1.82, 2.24) is 4.90 Å². The molecular formula is C20H23N3O3. The van der Waals surface area contributed by atoms with Crippen LogP contribution in [-0.2, 0) is 6.54 Å². The smallest absolute Gasteiger partial charge is 0.347 e. The highest BCUT2D eigenvalue weighted by Crippen LogP contribution is 2.29. The van der Waals surface area contributed by atoms with Crippen LogP contribution in [0, 0.1) is 0 Å². The topological polar surface area (TPSA) is 63.2 Å². The second-order valence-electron chi connectivity index (χ2n) is 6.04. The quantitative estimate of drug-likeness (QED) is 0.885. The van der Waals surface area contributed by atoms with Crippen molar-refractivity contribution in [2.24, 2.45) is 4.99 Å². The first kappa shape index (κ1) is 17.8. The third-order valence-corrected chi connectivity index (χ3v) is 4.28. The molecule has 1 N–H and O–H groups in total. The fraction of sp³-hybridized carbons (Fsp3) is 0.300. The maximum Gasteiger partial charge on any atom is 0.347 e. The second-order valence-corrected chi connectivity index (χ2v) is 6.04. The molecule has 0 aliphatic carbocycles. The molecule has 2 amide bonds. The molecule has 6 nitrogen and oxygen atoms in total. The number of rotatable bonds is 5. The summed E-state index contributed by atoms with van der Waals surface area (Å²) >= 11 is 0. The summed E-state index contributed by atoms with van der Waals surface area (Å²) in [5.41, 5.74) is 1.83. The summed E-state index contributed by atoms with van der Waals surface area (Å²) in [5, 5.41) is 2.79. The highest BCUT2D eigenvalue weighted by molar-refractivity contribution is 6.00. The number of ether oxygens (including phenoxy) is 2. The Balaban J connectivity index is 1.67. The first-order valence-corrected chi connectivity index (χ1v) is 8.59. The Kier molecular flexibility index (Phi) is 5.73. The number of methoxy groups -OCH3 is 2. The number of hydrogen-bond donors (Lipinski definition) is 1. The average molecular weight is 353 g/mol. The Morgan fingerprint density at radius 3 is 2.62 bits per heavy atom. The molecule has 0 bridgehead atoms. The van der Waals surface area contributed by atoms with Gasteiger partial charge in [0.2, 0.25) is 0 Å². The van der Waals surface area contributed by atoms with Crippen molar-refractivity contribution in [2.75, 3.05) is 26.1 Å². The third kappa shape index (κ3) is 4.33. The predicted octanol–water partition coefficient (Wildman–Crippen LogP) is 3.93. The number of likely N-dealkylation sites (tertiary alicyclic amines) is 1. The van der Waals surface area contributed by atoms with E-state index >= 15 is 0 Å². The zero-order chi connectivity index (χ0) is 18.4. The number of anilines is 1. The molecule has 0 radical (unpaired) electrons. The number of carbonyl (C=O) groups excluding carboxylic acids is 1. The number of amidine groups is 1. The highest BCUT2D eigenvalue weighted by atomic mass is 16.5. The first-order chi connectivity index (χ1) is 12.7. The van der Waals surface area contributed by atoms with Gasteiger partial charge in [0.05, 0.1) is 14.2 Å². The Labute approximate surface area is 153 Å². The molecule has 0 unspecified atom stereocenters. The van der Waals surface area contributed by atoms with E-state index in [0.29, 0.717) is 17.2 Å². The van der Waals surface area contributed by atoms with Gasteiger partial charge >= 0.3 is 6.03 Å². The minimum absolute atomic E-state index is 0.382. The highest BCUT2D eigenvalue weighted by Gasteiger charge is 2.20. The molecule has 0 spiro atoms. The van der Waals surface area contributed by atoms with E-state index in [-0.39, 0.29) is 6.03 Å². The van der Waals surface area contributed by atoms with Crippen LogP contribution in [0.15, 0.2) is 53.5 Å². The maximum atomic E-state index is 12.3. The molecule has 2 aromatic carbocycles. The molecule has 1 heterocycles. The summed E-state index contributed by atoms with van der Waals surface area (Å²) in [4.78, 5) is 18.7. The van der Waals surface area contributed by atoms with E-state index < -0.39 is 0 Å². The van der Waals surface area contributed by atoms with Crippen LogP contribution in [0.1, 0.15) is 18.4 Å². The zero-order valence-corrected chi connectivity index (χ0v) is 15.1. The number of nitrogens with one attached hydrogen (secondary N) is 1. The summed E-state index contributed by atoms with van der Waals surface area (Å²) in [5.74, 6) is 2.00. The van der Waals surface area contributed by atoms with Crippen molar-refractivity contribution in [2.45, 2.75) is 19.4 Å². The van der Waals surface area contributed by atoms with Gasteiger partial charge in [0.15, 0.2) is 11.5 Å². The average Bonchev–Trinajstić information content (AvgIpc) is 3.08. The van der Waals surface area contributed by atoms with Crippen LogP contribution >= 0.6 is 0 Å². The van der Waals surface area contributed by atoms with Gasteiger partial charge in [-0.15, -0.1) is 0 Å². The number of carbonyl (C=O) groups is 1. The van der Waals surface area contributed by atoms with Gasteiger partial charge in [-0.05, 0) is 24.1 Å². The molecule has 1 aliphatic heterocycles. The van der Waals surface area contributed by atoms with Crippen molar-refractivity contribution >= 4 is 17.6 Å². The fourth-order valence-corrected chi connectivity index (χ4v) is 3.00. The van der Waals surface area contributed by atoms with E-state index in [0.717, 1.165) is 31.8 Å². The SMILES string of the molecule is COc1ccc(NC(=O)N=C2CCCN2Cc2ccccc2)cc1OC. The molecule has 0 atom stereocenters. The van der Waals surface area contributed by atoms with Gasteiger partial charge < -0.3 is 19.7 Å². The molecule has 6 heteroatoms. The molecule has 0 aromatic heterocycles. The lowest BCUT2D eigenvalue weighted by atomic mass is 10.2. The van der Waals surface area contributed by atoms with Crippen LogP contribution in [0.3, 0.4) is 0 Å². The molecule has 136 valence electrons. The summed E-state index contributed by atoms with van der Waals surface area (Å²) in [6.07, 6.45) is 1.82. The van der Waals surface area contributed by atoms with Crippen molar-refractivity contribution in [3.8, 4) is 11.5 Å². The van der Waals surface area contributed by atoms with E-state index in [1.165, 1.54) is 5.56 Å². The van der Waals surface area contributed by atoms with Gasteiger partial charge in [0.1, 0.15) is 5.84 Å². The van der Waals surface area contributed by atoms with Crippen LogP contribution in [0.2, 0.25) is 0 Å². The monoisotopic (exact) mass is 353 g/mol. The Morgan fingerprint density at radius 2 is 1.88 bits per heavy atom. The second kappa shape index (κ2) is 8.38. The van der Waals surface area contributed by atoms with Gasteiger partial charge in [0.25, 0.3) is 0 Å². The van der Waals surface area contributed by atoms with Crippen molar-refractivity contribution < 1.29 is 14.3 Å². The van der Waals surface area contributed by atoms with E-state index in [2.05, 4.69) is 27.3 Å². The van der Waals surface area contributed by atoms with Crippen LogP contribution in [0.5, 0.6) is 11.5 Å². The van der Waals surface area contributed by atoms with Gasteiger partial charge in [0, 0.05) is 31.3 Å². The van der Waals surface area contributed by atoms with Crippen LogP contribution in [-0.4, -0.2) is 37.5 Å². The zero-order valence-electron chi connectivity index (χ0n) is 15.1. The number of amides is 2. The molecule has 26 heavy (non-hydrogen) atoms. The molecule has 2 aromatic rings. The van der Waals surface area contributed by atoms with E-state index in [4.69, 9.17) is 9.47 Å². The number of aliphatic imine (C=N–C) groups is 1. The Morgan fingerprint density at radius 1 is 1.12 bits per heavy atom. The lowest BCUT2D eigenvalue weighted by Gasteiger charge is -2.18. The van der Waals surface area contributed by atoms with Crippen molar-refractivity contribution in [1.29, 1.82) is 0 Å². The maximum absolute atomic E-state index is 12.3. The lowest BCUT2D eigenvalue weighted by Crippen LogP contribution is -2.26. The van der Waals surface area contributed by atoms with E-state index in [1.54, 1.807) is 32.4 Å². The number of urea groups is 1. The van der Waals surface area contributed by atoms with Crippen LogP contribution in [0.25, 0.3) is 0 Å². The minimum Gasteiger partial charge on any atom is -0.493 e. The number of nitrogens with zero attached hydrogens (tertiary/aromatic N) is 2. The lowest BCUT2D eigenvalue weighted by molar-refractivity contribution is 0.259. The van der Waals surface area contributed by atoms with Gasteiger partial charge in [-0.1, -0.05) is 30.3 Å². The van der Waals surface area contributed by atoms with E-state index in [9.17, 15) is 4.79 Å². The molecule has 1 aliphatic rings. The minimum atomic E-state index is -0.382. The molecular weight excluding hydrogens is 330 g/mol. The van der Waals surface area contributed by atoms with E-state index in [1.807, 2.05) is 18.2 Å². The summed E-state index contributed by atoms with van der Waals surface area (Å²) in [6, 6.07) is 15.0. The summed E-state index contributed by atoms with van der Waals surface area (Å²) < 4.78 is 10.5. The predicted molar refractivity (Wildman–Crippen MR) is 102 cm³/mol. The van der Waals surface area contributed by atoms with Crippen LogP contribution < -0.4 is 14.8 Å². The number of benzene rings is 2. The standard InChI is InChI=1S/C20H23N3O3/c1-25-17-11-10-16(13-18(17)26-2)21-20(24)22-19-9-6-12-23(19)14-15-7-4-3-5-8-15/h3-5,7-8,10-11,13H,6,9,12,14H2,1-2H3,(H,21,24). The van der Waals surface area contributed by atoms with Crippen molar-refractivity contribution in [3.63, 3.8) is 0 Å². The van der Waals surface area contributed by atoms with Gasteiger partial charge in [-0.2, -0.15) is 4.99 Å². The number of hydrogen-bond acceptors (Lipinski definition) is 3. The molecule has 1 fully saturated rings. The summed E-state index contributed by atoms with van der Waals surface area (Å²) in [6.45, 7) is 1.68.